The number of anilines is 1. The molecule has 1 aliphatic rings. The number of halogens is 1. The molecule has 16 heavy (non-hydrogen) atoms. The highest BCUT2D eigenvalue weighted by Crippen LogP contribution is 2.37. The fourth-order valence-corrected chi connectivity index (χ4v) is 4.62. The van der Waals surface area contributed by atoms with Gasteiger partial charge in [0.15, 0.2) is 9.84 Å². The van der Waals surface area contributed by atoms with Crippen molar-refractivity contribution >= 4 is 42.1 Å². The predicted molar refractivity (Wildman–Crippen MR) is 71.0 cm³/mol. The molecule has 1 aliphatic carbocycles. The zero-order valence-corrected chi connectivity index (χ0v) is 12.2. The molecule has 1 fully saturated rings. The first-order chi connectivity index (χ1) is 7.53. The van der Waals surface area contributed by atoms with Crippen LogP contribution in [0.1, 0.15) is 19.8 Å². The first kappa shape index (κ1) is 12.4. The van der Waals surface area contributed by atoms with Crippen molar-refractivity contribution in [3.63, 3.8) is 0 Å². The number of sulfone groups is 1. The molecule has 0 amide bonds. The highest BCUT2D eigenvalue weighted by molar-refractivity contribution is 9.10. The molecule has 0 bridgehead atoms. The van der Waals surface area contributed by atoms with E-state index in [0.717, 1.165) is 21.9 Å². The van der Waals surface area contributed by atoms with Gasteiger partial charge in [-0.05, 0) is 40.8 Å². The van der Waals surface area contributed by atoms with Crippen LogP contribution >= 0.6 is 27.3 Å². The minimum absolute atomic E-state index is 0.155. The molecule has 3 nitrogen and oxygen atoms in total. The smallest absolute Gasteiger partial charge is 0.187 e. The molecule has 90 valence electrons. The minimum atomic E-state index is -3.07. The lowest BCUT2D eigenvalue weighted by Crippen LogP contribution is -2.02. The van der Waals surface area contributed by atoms with Gasteiger partial charge in [-0.25, -0.2) is 8.42 Å². The van der Waals surface area contributed by atoms with E-state index in [0.29, 0.717) is 4.21 Å². The lowest BCUT2D eigenvalue weighted by Gasteiger charge is -2.01. The monoisotopic (exact) mass is 323 g/mol. The van der Waals surface area contributed by atoms with Crippen LogP contribution in [0.15, 0.2) is 14.7 Å². The Bertz CT molecular complexity index is 477. The summed E-state index contributed by atoms with van der Waals surface area (Å²) in [7, 11) is -3.07. The Labute approximate surface area is 108 Å². The highest BCUT2D eigenvalue weighted by atomic mass is 79.9. The second kappa shape index (κ2) is 4.66. The van der Waals surface area contributed by atoms with Gasteiger partial charge in [0.05, 0.1) is 10.2 Å². The molecular formula is C10H14BrNO2S2. The fraction of sp³-hybridized carbons (Fsp3) is 0.600. The van der Waals surface area contributed by atoms with Gasteiger partial charge in [0.2, 0.25) is 0 Å². The maximum absolute atomic E-state index is 11.7. The van der Waals surface area contributed by atoms with Crippen molar-refractivity contribution in [3.05, 3.63) is 10.5 Å². The fourth-order valence-electron chi connectivity index (χ4n) is 1.32. The maximum Gasteiger partial charge on any atom is 0.187 e. The van der Waals surface area contributed by atoms with Gasteiger partial charge in [-0.2, -0.15) is 0 Å². The average Bonchev–Trinajstić information content (AvgIpc) is 2.99. The second-order valence-electron chi connectivity index (χ2n) is 3.97. The molecule has 0 aliphatic heterocycles. The third-order valence-corrected chi connectivity index (χ3v) is 6.88. The van der Waals surface area contributed by atoms with Gasteiger partial charge < -0.3 is 5.32 Å². The molecule has 0 aromatic carbocycles. The van der Waals surface area contributed by atoms with Crippen LogP contribution < -0.4 is 5.32 Å². The maximum atomic E-state index is 11.7. The average molecular weight is 324 g/mol. The van der Waals surface area contributed by atoms with Crippen LogP contribution in [-0.2, 0) is 9.84 Å². The summed E-state index contributed by atoms with van der Waals surface area (Å²) in [4.78, 5) is 0. The zero-order chi connectivity index (χ0) is 11.8. The van der Waals surface area contributed by atoms with E-state index in [1.807, 2.05) is 0 Å². The Morgan fingerprint density at radius 1 is 1.56 bits per heavy atom. The summed E-state index contributed by atoms with van der Waals surface area (Å²) in [6.45, 7) is 2.62. The summed E-state index contributed by atoms with van der Waals surface area (Å²) >= 11 is 4.71. The number of hydrogen-bond donors (Lipinski definition) is 1. The Morgan fingerprint density at radius 3 is 2.81 bits per heavy atom. The Balaban J connectivity index is 2.14. The van der Waals surface area contributed by atoms with E-state index >= 15 is 0 Å². The number of nitrogens with one attached hydrogen (secondary N) is 1. The summed E-state index contributed by atoms with van der Waals surface area (Å²) in [6, 6.07) is 1.69. The van der Waals surface area contributed by atoms with E-state index in [1.54, 1.807) is 13.0 Å². The van der Waals surface area contributed by atoms with Crippen molar-refractivity contribution in [1.29, 1.82) is 0 Å². The Hall–Kier alpha value is -0.0700. The molecule has 2 rings (SSSR count). The van der Waals surface area contributed by atoms with Gasteiger partial charge in [0.25, 0.3) is 0 Å². The summed E-state index contributed by atoms with van der Waals surface area (Å²) in [5.41, 5.74) is 0. The molecule has 1 heterocycles. The number of thiophene rings is 1. The third kappa shape index (κ3) is 2.78. The highest BCUT2D eigenvalue weighted by Gasteiger charge is 2.22. The Kier molecular flexibility index (Phi) is 3.61. The normalized spacial score (nSPS) is 16.4. The van der Waals surface area contributed by atoms with Crippen LogP contribution in [0.5, 0.6) is 0 Å². The van der Waals surface area contributed by atoms with Crippen LogP contribution in [0, 0.1) is 5.92 Å². The first-order valence-corrected chi connectivity index (χ1v) is 8.55. The molecule has 0 atom stereocenters. The molecular weight excluding hydrogens is 310 g/mol. The van der Waals surface area contributed by atoms with E-state index in [4.69, 9.17) is 0 Å². The summed E-state index contributed by atoms with van der Waals surface area (Å²) in [6.07, 6.45) is 2.58. The summed E-state index contributed by atoms with van der Waals surface area (Å²) in [5, 5.41) is 4.23. The van der Waals surface area contributed by atoms with Crippen molar-refractivity contribution in [2.45, 2.75) is 24.0 Å². The molecule has 0 unspecified atom stereocenters. The van der Waals surface area contributed by atoms with Crippen LogP contribution in [0.2, 0.25) is 0 Å². The van der Waals surface area contributed by atoms with Crippen LogP contribution in [0.4, 0.5) is 5.00 Å². The lowest BCUT2D eigenvalue weighted by atomic mass is 10.4. The van der Waals surface area contributed by atoms with Crippen molar-refractivity contribution < 1.29 is 8.42 Å². The predicted octanol–water partition coefficient (Wildman–Crippen LogP) is 3.13. The van der Waals surface area contributed by atoms with Gasteiger partial charge in [0, 0.05) is 6.54 Å². The summed E-state index contributed by atoms with van der Waals surface area (Å²) < 4.78 is 24.7. The first-order valence-electron chi connectivity index (χ1n) is 5.29. The largest absolute Gasteiger partial charge is 0.376 e. The van der Waals surface area contributed by atoms with Gasteiger partial charge >= 0.3 is 0 Å². The summed E-state index contributed by atoms with van der Waals surface area (Å²) in [5.74, 6) is 0.933. The molecule has 0 radical (unpaired) electrons. The van der Waals surface area contributed by atoms with Gasteiger partial charge in [-0.1, -0.05) is 6.92 Å². The third-order valence-electron chi connectivity index (χ3n) is 2.60. The zero-order valence-electron chi connectivity index (χ0n) is 8.99. The van der Waals surface area contributed by atoms with E-state index in [-0.39, 0.29) is 5.75 Å². The van der Waals surface area contributed by atoms with Crippen molar-refractivity contribution in [2.24, 2.45) is 5.92 Å². The molecule has 1 aromatic rings. The second-order valence-corrected chi connectivity index (χ2v) is 8.38. The van der Waals surface area contributed by atoms with Crippen LogP contribution in [0.3, 0.4) is 0 Å². The van der Waals surface area contributed by atoms with Gasteiger partial charge in [-0.15, -0.1) is 11.3 Å². The molecule has 1 aromatic heterocycles. The minimum Gasteiger partial charge on any atom is -0.376 e. The molecule has 1 saturated carbocycles. The number of hydrogen-bond acceptors (Lipinski definition) is 4. The van der Waals surface area contributed by atoms with E-state index in [1.165, 1.54) is 24.2 Å². The SMILES string of the molecule is CCS(=O)(=O)c1cc(Br)c(NCC2CC2)s1. The molecule has 6 heteroatoms. The topological polar surface area (TPSA) is 46.2 Å². The van der Waals surface area contributed by atoms with Crippen molar-refractivity contribution in [2.75, 3.05) is 17.6 Å². The van der Waals surface area contributed by atoms with Crippen LogP contribution in [0.25, 0.3) is 0 Å². The van der Waals surface area contributed by atoms with Crippen molar-refractivity contribution in [3.8, 4) is 0 Å². The molecule has 0 spiro atoms. The van der Waals surface area contributed by atoms with Crippen molar-refractivity contribution in [1.82, 2.24) is 0 Å². The quantitative estimate of drug-likeness (QED) is 0.905. The van der Waals surface area contributed by atoms with E-state index in [9.17, 15) is 8.42 Å². The van der Waals surface area contributed by atoms with Crippen LogP contribution in [-0.4, -0.2) is 20.7 Å². The molecule has 1 N–H and O–H groups in total. The molecule has 0 saturated heterocycles. The van der Waals surface area contributed by atoms with E-state index < -0.39 is 9.84 Å². The van der Waals surface area contributed by atoms with Gasteiger partial charge in [-0.3, -0.25) is 0 Å². The standard InChI is InChI=1S/C10H14BrNO2S2/c1-2-16(13,14)9-5-8(11)10(15-9)12-6-7-3-4-7/h5,7,12H,2-4,6H2,1H3. The Morgan fingerprint density at radius 2 is 2.25 bits per heavy atom. The number of rotatable bonds is 5. The lowest BCUT2D eigenvalue weighted by molar-refractivity contribution is 0.599. The van der Waals surface area contributed by atoms with E-state index in [2.05, 4.69) is 21.2 Å². The van der Waals surface area contributed by atoms with Gasteiger partial charge in [0.1, 0.15) is 9.21 Å².